The first-order chi connectivity index (χ1) is 27.3. The van der Waals surface area contributed by atoms with Gasteiger partial charge in [0, 0.05) is 61.6 Å². The molecule has 2 aliphatic heterocycles. The molecule has 2 aromatic rings. The number of amides is 5. The number of benzene rings is 1. The number of carbonyl (C=O) groups is 4. The Morgan fingerprint density at radius 3 is 2.41 bits per heavy atom. The van der Waals surface area contributed by atoms with Crippen LogP contribution in [0, 0.1) is 11.8 Å². The number of anilines is 1. The maximum absolute atomic E-state index is 13.4. The highest BCUT2D eigenvalue weighted by Crippen LogP contribution is 2.40. The standard InChI is InChI=1S/C30H42N4O4.C6H14N2O.C6H11NO3S.4H2/c1-5-7-8-9-20(3)16-21(6-2)17-27(35)34-19-22(18-26(34)29(31)36)38-30-24-10-11-25-28(23(24)12-13-32-30)37-15-14-33(25)4;1-6(2,3)8-5(9)7-4;1-2-6(8)7-11(9,10)5-3-4-5;;;;/h5,7,10-13,20-22,26H,6,8-9,14-19H2,1-4H3,(H2,31,36);1-4H3,(H2,7,8,9);5H,2-4H2,1H3,(H,7,8);4*1H/b7-5-;;;;;;/t20-,21-,22-,26+;;;;;;/m1....../s1. The number of sulfonamides is 1. The lowest BCUT2D eigenvalue weighted by Gasteiger charge is -2.28. The van der Waals surface area contributed by atoms with E-state index in [-0.39, 0.29) is 46.9 Å². The molecule has 0 spiro atoms. The highest BCUT2D eigenvalue weighted by molar-refractivity contribution is 7.90. The Morgan fingerprint density at radius 2 is 1.84 bits per heavy atom. The number of nitrogens with zero attached hydrogens (tertiary/aromatic N) is 3. The van der Waals surface area contributed by atoms with Crippen LogP contribution in [-0.2, 0) is 24.4 Å². The fourth-order valence-electron chi connectivity index (χ4n) is 6.81. The third-order valence-corrected chi connectivity index (χ3v) is 12.1. The van der Waals surface area contributed by atoms with Crippen LogP contribution in [0.1, 0.15) is 112 Å². The summed E-state index contributed by atoms with van der Waals surface area (Å²) in [7, 11) is 0.349. The molecule has 1 aromatic carbocycles. The molecule has 1 aliphatic carbocycles. The quantitative estimate of drug-likeness (QED) is 0.154. The average Bonchev–Trinajstić information content (AvgIpc) is 3.95. The van der Waals surface area contributed by atoms with Gasteiger partial charge in [-0.15, -0.1) is 0 Å². The molecule has 4 atom stereocenters. The fourth-order valence-corrected chi connectivity index (χ4v) is 8.20. The Bertz CT molecular complexity index is 1870. The number of likely N-dealkylation sites (tertiary alicyclic amines) is 1. The number of allylic oxidation sites excluding steroid dienone is 2. The molecule has 2 fully saturated rings. The molecule has 0 radical (unpaired) electrons. The van der Waals surface area contributed by atoms with E-state index in [1.54, 1.807) is 25.1 Å². The van der Waals surface area contributed by atoms with Gasteiger partial charge in [0.2, 0.25) is 33.6 Å². The second-order valence-electron chi connectivity index (χ2n) is 16.4. The molecule has 58 heavy (non-hydrogen) atoms. The third-order valence-electron chi connectivity index (χ3n) is 10.2. The van der Waals surface area contributed by atoms with Crippen molar-refractivity contribution in [3.05, 3.63) is 36.5 Å². The van der Waals surface area contributed by atoms with Crippen molar-refractivity contribution in [2.45, 2.75) is 129 Å². The van der Waals surface area contributed by atoms with E-state index in [0.717, 1.165) is 54.4 Å². The number of hydrogen-bond donors (Lipinski definition) is 4. The third kappa shape index (κ3) is 14.7. The van der Waals surface area contributed by atoms with E-state index in [4.69, 9.17) is 15.2 Å². The number of nitrogens with two attached hydrogens (primary N) is 1. The number of aromatic nitrogens is 1. The van der Waals surface area contributed by atoms with Crippen LogP contribution in [0.2, 0.25) is 0 Å². The second kappa shape index (κ2) is 22.0. The zero-order chi connectivity index (χ0) is 43.2. The van der Waals surface area contributed by atoms with Gasteiger partial charge in [0.1, 0.15) is 18.8 Å². The van der Waals surface area contributed by atoms with Crippen LogP contribution in [0.15, 0.2) is 36.5 Å². The van der Waals surface area contributed by atoms with Gasteiger partial charge in [-0.25, -0.2) is 18.2 Å². The molecule has 332 valence electrons. The number of fused-ring (bicyclic) bond motifs is 3. The van der Waals surface area contributed by atoms with Gasteiger partial charge < -0.3 is 35.6 Å². The van der Waals surface area contributed by atoms with Crippen molar-refractivity contribution in [1.29, 1.82) is 0 Å². The molecular formula is C42H75N7O8S. The van der Waals surface area contributed by atoms with Crippen molar-refractivity contribution < 1.29 is 42.8 Å². The van der Waals surface area contributed by atoms with Crippen molar-refractivity contribution in [2.24, 2.45) is 17.6 Å². The minimum Gasteiger partial charge on any atom is -0.489 e. The topological polar surface area (TPSA) is 202 Å². The Balaban J connectivity index is 0. The summed E-state index contributed by atoms with van der Waals surface area (Å²) in [4.78, 5) is 55.3. The molecule has 1 saturated carbocycles. The van der Waals surface area contributed by atoms with Gasteiger partial charge >= 0.3 is 6.03 Å². The summed E-state index contributed by atoms with van der Waals surface area (Å²) in [5, 5.41) is 6.67. The average molecular weight is 838 g/mol. The van der Waals surface area contributed by atoms with E-state index < -0.39 is 27.9 Å². The number of ether oxygens (including phenoxy) is 2. The first-order valence-corrected chi connectivity index (χ1v) is 22.0. The highest BCUT2D eigenvalue weighted by Gasteiger charge is 2.40. The summed E-state index contributed by atoms with van der Waals surface area (Å²) < 4.78 is 36.4. The molecule has 0 unspecified atom stereocenters. The lowest BCUT2D eigenvalue weighted by molar-refractivity contribution is -0.138. The normalized spacial score (nSPS) is 18.7. The Labute approximate surface area is 351 Å². The van der Waals surface area contributed by atoms with Crippen LogP contribution >= 0.6 is 0 Å². The molecule has 1 aromatic heterocycles. The number of pyridine rings is 1. The SMILES string of the molecule is C/C=C\CC[C@@H](C)C[C@@H](CC)CC(=O)N1C[C@H](Oc2nccc3c4c(ccc23)N(C)CCO4)C[C@H]1C(N)=O.CCC(=O)NS(=O)(=O)C1CC1.CNC(=O)NC(C)(C)C.[HH].[HH].[HH].[HH]. The van der Waals surface area contributed by atoms with E-state index in [2.05, 4.69) is 46.5 Å². The van der Waals surface area contributed by atoms with Crippen LogP contribution < -0.4 is 35.5 Å². The maximum atomic E-state index is 13.4. The summed E-state index contributed by atoms with van der Waals surface area (Å²) in [6.45, 7) is 15.6. The Kier molecular flexibility index (Phi) is 18.1. The molecule has 16 heteroatoms. The lowest BCUT2D eigenvalue weighted by Crippen LogP contribution is -2.45. The first-order valence-electron chi connectivity index (χ1n) is 20.5. The molecule has 1 saturated heterocycles. The first kappa shape index (κ1) is 47.8. The summed E-state index contributed by atoms with van der Waals surface area (Å²) in [5.41, 5.74) is 6.64. The van der Waals surface area contributed by atoms with Gasteiger partial charge in [-0.3, -0.25) is 19.1 Å². The largest absolute Gasteiger partial charge is 0.489 e. The summed E-state index contributed by atoms with van der Waals surface area (Å²) in [6, 6.07) is 5.14. The number of likely N-dealkylation sites (N-methyl/N-ethyl adjacent to an activating group) is 1. The van der Waals surface area contributed by atoms with Crippen LogP contribution in [0.4, 0.5) is 10.5 Å². The van der Waals surface area contributed by atoms with Crippen molar-refractivity contribution in [3.63, 3.8) is 0 Å². The van der Waals surface area contributed by atoms with E-state index in [9.17, 15) is 27.6 Å². The van der Waals surface area contributed by atoms with Crippen molar-refractivity contribution in [2.75, 3.05) is 38.7 Å². The van der Waals surface area contributed by atoms with Crippen LogP contribution in [-0.4, -0.2) is 98.8 Å². The molecule has 0 bridgehead atoms. The van der Waals surface area contributed by atoms with Crippen molar-refractivity contribution in [3.8, 4) is 11.6 Å². The van der Waals surface area contributed by atoms with E-state index in [1.165, 1.54) is 0 Å². The predicted octanol–water partition coefficient (Wildman–Crippen LogP) is 6.40. The van der Waals surface area contributed by atoms with Gasteiger partial charge in [0.25, 0.3) is 0 Å². The number of nitrogens with one attached hydrogen (secondary N) is 3. The molecule has 3 aliphatic rings. The number of rotatable bonds is 14. The maximum Gasteiger partial charge on any atom is 0.314 e. The Morgan fingerprint density at radius 1 is 1.14 bits per heavy atom. The number of hydrogen-bond acceptors (Lipinski definition) is 10. The van der Waals surface area contributed by atoms with Gasteiger partial charge in [-0.1, -0.05) is 39.3 Å². The minimum atomic E-state index is -3.30. The lowest BCUT2D eigenvalue weighted by atomic mass is 9.88. The zero-order valence-electron chi connectivity index (χ0n) is 35.9. The van der Waals surface area contributed by atoms with Gasteiger partial charge in [0.15, 0.2) is 5.75 Å². The van der Waals surface area contributed by atoms with Gasteiger partial charge in [-0.2, -0.15) is 0 Å². The molecule has 5 rings (SSSR count). The fraction of sp³-hybridized carbons (Fsp3) is 0.643. The van der Waals surface area contributed by atoms with Crippen LogP contribution in [0.3, 0.4) is 0 Å². The molecule has 5 amide bonds. The monoisotopic (exact) mass is 838 g/mol. The molecule has 3 heterocycles. The predicted molar refractivity (Wildman–Crippen MR) is 237 cm³/mol. The van der Waals surface area contributed by atoms with E-state index in [1.807, 2.05) is 57.7 Å². The van der Waals surface area contributed by atoms with Crippen molar-refractivity contribution >= 4 is 50.2 Å². The minimum absolute atomic E-state index is 0. The number of urea groups is 1. The summed E-state index contributed by atoms with van der Waals surface area (Å²) in [5.74, 6) is 1.19. The smallest absolute Gasteiger partial charge is 0.314 e. The van der Waals surface area contributed by atoms with Gasteiger partial charge in [-0.05, 0) is 89.8 Å². The van der Waals surface area contributed by atoms with Crippen LogP contribution in [0.5, 0.6) is 11.6 Å². The summed E-state index contributed by atoms with van der Waals surface area (Å²) >= 11 is 0. The second-order valence-corrected chi connectivity index (χ2v) is 18.3. The molecule has 5 N–H and O–H groups in total. The van der Waals surface area contributed by atoms with Crippen molar-refractivity contribution in [1.82, 2.24) is 25.2 Å². The Hall–Kier alpha value is -4.60. The van der Waals surface area contributed by atoms with E-state index in [0.29, 0.717) is 50.6 Å². The zero-order valence-corrected chi connectivity index (χ0v) is 36.7. The number of carbonyl (C=O) groups excluding carboxylic acids is 4. The van der Waals surface area contributed by atoms with Gasteiger partial charge in [0.05, 0.1) is 24.0 Å². The van der Waals surface area contributed by atoms with Crippen LogP contribution in [0.25, 0.3) is 10.8 Å². The molecule has 15 nitrogen and oxygen atoms in total. The molecular weight excluding hydrogens is 763 g/mol. The number of primary amides is 1. The highest BCUT2D eigenvalue weighted by atomic mass is 32.2. The van der Waals surface area contributed by atoms with E-state index >= 15 is 0 Å². The summed E-state index contributed by atoms with van der Waals surface area (Å²) in [6.07, 6.45) is 12.1.